The van der Waals surface area contributed by atoms with E-state index in [0.29, 0.717) is 53.5 Å². The Labute approximate surface area is 276 Å². The van der Waals surface area contributed by atoms with Gasteiger partial charge in [0.15, 0.2) is 0 Å². The smallest absolute Gasteiger partial charge is 0.281 e. The Bertz CT molecular complexity index is 1970. The quantitative estimate of drug-likeness (QED) is 0.248. The van der Waals surface area contributed by atoms with Gasteiger partial charge in [0.25, 0.3) is 5.56 Å². The first-order chi connectivity index (χ1) is 22.3. The van der Waals surface area contributed by atoms with E-state index < -0.39 is 28.5 Å². The summed E-state index contributed by atoms with van der Waals surface area (Å²) in [6.45, 7) is 14.5. The number of benzene rings is 2. The minimum absolute atomic E-state index is 0.138. The Morgan fingerprint density at radius 2 is 1.68 bits per heavy atom. The molecule has 2 unspecified atom stereocenters. The minimum atomic E-state index is -0.873. The van der Waals surface area contributed by atoms with E-state index >= 15 is 13.6 Å². The molecule has 0 radical (unpaired) electrons. The van der Waals surface area contributed by atoms with E-state index in [4.69, 9.17) is 11.6 Å². The van der Waals surface area contributed by atoms with Crippen molar-refractivity contribution >= 4 is 39.8 Å². The summed E-state index contributed by atoms with van der Waals surface area (Å²) in [5.41, 5.74) is 1.33. The highest BCUT2D eigenvalue weighted by molar-refractivity contribution is 6.38. The topological polar surface area (TPSA) is 94.8 Å². The lowest BCUT2D eigenvalue weighted by Crippen LogP contribution is -2.64. The Morgan fingerprint density at radius 3 is 2.28 bits per heavy atom. The van der Waals surface area contributed by atoms with Crippen molar-refractivity contribution in [2.75, 3.05) is 36.5 Å². The molecular formula is C35H37ClF2N6O3. The number of halogens is 3. The molecule has 2 aromatic heterocycles. The molecule has 4 heterocycles. The molecule has 9 nitrogen and oxygen atoms in total. The van der Waals surface area contributed by atoms with Gasteiger partial charge in [-0.2, -0.15) is 0 Å². The fraction of sp³-hybridized carbons (Fsp3) is 0.371. The van der Waals surface area contributed by atoms with Crippen LogP contribution in [0.2, 0.25) is 5.02 Å². The minimum Gasteiger partial charge on any atom is -0.507 e. The predicted molar refractivity (Wildman–Crippen MR) is 181 cm³/mol. The summed E-state index contributed by atoms with van der Waals surface area (Å²) in [4.78, 5) is 42.6. The van der Waals surface area contributed by atoms with Crippen LogP contribution in [0, 0.1) is 11.6 Å². The number of fused-ring (bicyclic) bond motifs is 5. The number of amides is 1. The van der Waals surface area contributed by atoms with Gasteiger partial charge in [-0.05, 0) is 43.0 Å². The van der Waals surface area contributed by atoms with Crippen molar-refractivity contribution in [3.63, 3.8) is 0 Å². The first-order valence-electron chi connectivity index (χ1n) is 15.6. The van der Waals surface area contributed by atoms with E-state index in [-0.39, 0.29) is 45.9 Å². The van der Waals surface area contributed by atoms with Gasteiger partial charge in [-0.1, -0.05) is 51.9 Å². The SMILES string of the molecule is C=CC(=O)N1CC2CN(C)c3c(c4cc(F)c(-c5c(O)cccc5F)c(Cl)c4n(-c4c(C(C)C)ncnc4C(C)C)c3=O)N2CC1C. The molecule has 4 aromatic rings. The summed E-state index contributed by atoms with van der Waals surface area (Å²) in [5, 5.41) is 10.8. The van der Waals surface area contributed by atoms with Gasteiger partial charge in [0.1, 0.15) is 29.4 Å². The molecule has 2 aliphatic rings. The van der Waals surface area contributed by atoms with E-state index in [1.165, 1.54) is 35.2 Å². The van der Waals surface area contributed by atoms with Gasteiger partial charge < -0.3 is 19.8 Å². The Balaban J connectivity index is 1.80. The predicted octanol–water partition coefficient (Wildman–Crippen LogP) is 6.37. The van der Waals surface area contributed by atoms with E-state index in [1.807, 2.05) is 44.4 Å². The standard InChI is InChI=1S/C35H37ClF2N6O3/c1-8-25(46)42-15-20-14-41(7)34-32(43(20)13-19(42)6)21-12-23(38)27(26-22(37)10-9-11-24(26)45)28(36)31(21)44(35(34)47)33-29(17(2)3)39-16-40-30(33)18(4)5/h8-12,16-20,45H,1,13-15H2,2-7H3. The van der Waals surface area contributed by atoms with Crippen molar-refractivity contribution in [1.82, 2.24) is 19.4 Å². The van der Waals surface area contributed by atoms with Crippen molar-refractivity contribution in [1.29, 1.82) is 0 Å². The van der Waals surface area contributed by atoms with Crippen LogP contribution in [0.3, 0.4) is 0 Å². The van der Waals surface area contributed by atoms with Crippen LogP contribution < -0.4 is 15.4 Å². The van der Waals surface area contributed by atoms with Gasteiger partial charge in [-0.25, -0.2) is 18.7 Å². The van der Waals surface area contributed by atoms with Gasteiger partial charge in [0.2, 0.25) is 5.91 Å². The maximum atomic E-state index is 16.5. The second-order valence-corrected chi connectivity index (χ2v) is 13.3. The number of hydrogen-bond donors (Lipinski definition) is 1. The molecule has 0 spiro atoms. The number of hydrogen-bond acceptors (Lipinski definition) is 7. The molecule has 1 saturated heterocycles. The monoisotopic (exact) mass is 662 g/mol. The fourth-order valence-corrected chi connectivity index (χ4v) is 7.43. The first-order valence-corrected chi connectivity index (χ1v) is 16.0. The molecule has 2 aliphatic heterocycles. The van der Waals surface area contributed by atoms with E-state index in [2.05, 4.69) is 16.5 Å². The van der Waals surface area contributed by atoms with E-state index in [9.17, 15) is 9.90 Å². The Hall–Kier alpha value is -4.51. The van der Waals surface area contributed by atoms with Gasteiger partial charge in [0, 0.05) is 43.7 Å². The molecule has 0 aliphatic carbocycles. The first kappa shape index (κ1) is 32.4. The number of aromatic hydroxyl groups is 1. The number of rotatable bonds is 5. The van der Waals surface area contributed by atoms with E-state index in [1.54, 1.807) is 11.9 Å². The van der Waals surface area contributed by atoms with E-state index in [0.717, 1.165) is 6.07 Å². The molecule has 0 saturated carbocycles. The zero-order chi connectivity index (χ0) is 34.1. The zero-order valence-electron chi connectivity index (χ0n) is 27.2. The number of pyridine rings is 1. The average Bonchev–Trinajstić information content (AvgIpc) is 3.01. The maximum absolute atomic E-state index is 16.5. The summed E-state index contributed by atoms with van der Waals surface area (Å²) in [7, 11) is 1.80. The van der Waals surface area contributed by atoms with Gasteiger partial charge in [0.05, 0.1) is 44.9 Å². The summed E-state index contributed by atoms with van der Waals surface area (Å²) in [6.07, 6.45) is 2.75. The summed E-state index contributed by atoms with van der Waals surface area (Å²) >= 11 is 7.17. The highest BCUT2D eigenvalue weighted by Crippen LogP contribution is 2.48. The number of piperazine rings is 1. The fourth-order valence-electron chi connectivity index (χ4n) is 7.06. The van der Waals surface area contributed by atoms with Crippen molar-refractivity contribution in [2.45, 2.75) is 58.5 Å². The second-order valence-electron chi connectivity index (χ2n) is 12.9. The lowest BCUT2D eigenvalue weighted by atomic mass is 9.95. The van der Waals surface area contributed by atoms with Gasteiger partial charge in [-0.3, -0.25) is 14.2 Å². The largest absolute Gasteiger partial charge is 0.507 e. The molecule has 1 N–H and O–H groups in total. The molecule has 47 heavy (non-hydrogen) atoms. The number of carbonyl (C=O) groups excluding carboxylic acids is 1. The number of nitrogens with zero attached hydrogens (tertiary/aromatic N) is 6. The van der Waals surface area contributed by atoms with Crippen LogP contribution in [0.4, 0.5) is 20.2 Å². The summed E-state index contributed by atoms with van der Waals surface area (Å²) < 4.78 is 33.3. The van der Waals surface area contributed by atoms with Crippen LogP contribution in [0.25, 0.3) is 27.7 Å². The zero-order valence-corrected chi connectivity index (χ0v) is 27.9. The van der Waals surface area contributed by atoms with Crippen LogP contribution in [0.1, 0.15) is 57.8 Å². The third-order valence-corrected chi connectivity index (χ3v) is 9.56. The third kappa shape index (κ3) is 5.02. The summed E-state index contributed by atoms with van der Waals surface area (Å²) in [5.74, 6) is -2.72. The number of anilines is 2. The molecule has 12 heteroatoms. The Morgan fingerprint density at radius 1 is 1.02 bits per heavy atom. The van der Waals surface area contributed by atoms with Gasteiger partial charge in [-0.15, -0.1) is 0 Å². The molecule has 2 atom stereocenters. The number of phenols is 1. The Kier molecular flexibility index (Phi) is 8.24. The lowest BCUT2D eigenvalue weighted by Gasteiger charge is -2.51. The van der Waals surface area contributed by atoms with Gasteiger partial charge >= 0.3 is 0 Å². The van der Waals surface area contributed by atoms with Crippen molar-refractivity contribution in [2.24, 2.45) is 0 Å². The average molecular weight is 663 g/mol. The molecule has 246 valence electrons. The van der Waals surface area contributed by atoms with Crippen LogP contribution in [0.15, 0.2) is 48.0 Å². The van der Waals surface area contributed by atoms with Crippen molar-refractivity contribution in [3.8, 4) is 22.6 Å². The van der Waals surface area contributed by atoms with Crippen molar-refractivity contribution in [3.05, 3.63) is 81.6 Å². The summed E-state index contributed by atoms with van der Waals surface area (Å²) in [6, 6.07) is 4.45. The number of phenolic OH excluding ortho intramolecular Hbond substituents is 1. The highest BCUT2D eigenvalue weighted by atomic mass is 35.5. The van der Waals surface area contributed by atoms with Crippen LogP contribution in [-0.4, -0.2) is 69.2 Å². The second kappa shape index (κ2) is 11.9. The third-order valence-electron chi connectivity index (χ3n) is 9.19. The van der Waals surface area contributed by atoms with Crippen LogP contribution >= 0.6 is 11.6 Å². The molecule has 0 bridgehead atoms. The number of aromatic nitrogens is 3. The number of likely N-dealkylation sites (N-methyl/N-ethyl adjacent to an activating group) is 1. The molecule has 1 amide bonds. The van der Waals surface area contributed by atoms with Crippen LogP contribution in [-0.2, 0) is 4.79 Å². The molecule has 6 rings (SSSR count). The molecule has 2 aromatic carbocycles. The number of carbonyl (C=O) groups is 1. The normalized spacial score (nSPS) is 17.8. The molecular weight excluding hydrogens is 626 g/mol. The van der Waals surface area contributed by atoms with Crippen LogP contribution in [0.5, 0.6) is 5.75 Å². The molecule has 1 fully saturated rings. The maximum Gasteiger partial charge on any atom is 0.281 e. The highest BCUT2D eigenvalue weighted by Gasteiger charge is 2.42. The lowest BCUT2D eigenvalue weighted by molar-refractivity contribution is -0.128. The van der Waals surface area contributed by atoms with Crippen molar-refractivity contribution < 1.29 is 18.7 Å².